The summed E-state index contributed by atoms with van der Waals surface area (Å²) in [5.41, 5.74) is 0.849. The first-order valence-corrected chi connectivity index (χ1v) is 6.88. The van der Waals surface area contributed by atoms with Gasteiger partial charge in [-0.3, -0.25) is 9.59 Å². The predicted octanol–water partition coefficient (Wildman–Crippen LogP) is 1.01. The summed E-state index contributed by atoms with van der Waals surface area (Å²) in [7, 11) is 0. The molecule has 1 saturated carbocycles. The normalized spacial score (nSPS) is 14.4. The molecular weight excluding hydrogens is 254 g/mol. The van der Waals surface area contributed by atoms with Crippen LogP contribution >= 0.6 is 0 Å². The number of hydrogen-bond acceptors (Lipinski definition) is 3. The number of amides is 1. The summed E-state index contributed by atoms with van der Waals surface area (Å²) < 4.78 is 0. The number of hydrogen-bond donors (Lipinski definition) is 3. The monoisotopic (exact) mass is 271 g/mol. The fourth-order valence-electron chi connectivity index (χ4n) is 2.23. The van der Waals surface area contributed by atoms with E-state index in [0.717, 1.165) is 11.9 Å². The lowest BCUT2D eigenvalue weighted by molar-refractivity contribution is 0.0955. The summed E-state index contributed by atoms with van der Waals surface area (Å²) in [6.45, 7) is 1.33. The van der Waals surface area contributed by atoms with Gasteiger partial charge in [-0.05, 0) is 18.9 Å². The number of rotatable bonds is 5. The second-order valence-corrected chi connectivity index (χ2v) is 5.08. The topological polar surface area (TPSA) is 74.0 Å². The van der Waals surface area contributed by atoms with Crippen LogP contribution in [0.2, 0.25) is 0 Å². The highest BCUT2D eigenvalue weighted by Gasteiger charge is 2.19. The van der Waals surface area contributed by atoms with Gasteiger partial charge in [0.2, 0.25) is 5.56 Å². The standard InChI is InChI=1S/C15H17N3O2/c19-14-9-12(11-3-1-2-4-13(11)18-14)15(20)17-8-7-16-10-5-6-10/h1-4,9-10,16H,5-8H2,(H,17,20)(H,18,19). The summed E-state index contributed by atoms with van der Waals surface area (Å²) in [4.78, 5) is 26.5. The van der Waals surface area contributed by atoms with Crippen LogP contribution < -0.4 is 16.2 Å². The van der Waals surface area contributed by atoms with Crippen molar-refractivity contribution in [2.24, 2.45) is 0 Å². The number of benzene rings is 1. The molecule has 0 unspecified atom stereocenters. The third-order valence-corrected chi connectivity index (χ3v) is 3.42. The Labute approximate surface area is 116 Å². The SMILES string of the molecule is O=C(NCCNC1CC1)c1cc(=O)[nH]c2ccccc12. The van der Waals surface area contributed by atoms with E-state index in [0.29, 0.717) is 23.7 Å². The summed E-state index contributed by atoms with van der Waals surface area (Å²) in [6.07, 6.45) is 2.46. The van der Waals surface area contributed by atoms with Crippen molar-refractivity contribution in [1.29, 1.82) is 0 Å². The van der Waals surface area contributed by atoms with E-state index in [1.54, 1.807) is 6.07 Å². The van der Waals surface area contributed by atoms with Crippen LogP contribution in [0.3, 0.4) is 0 Å². The minimum Gasteiger partial charge on any atom is -0.351 e. The van der Waals surface area contributed by atoms with E-state index in [9.17, 15) is 9.59 Å². The minimum absolute atomic E-state index is 0.204. The minimum atomic E-state index is -0.259. The molecule has 5 heteroatoms. The molecule has 0 bridgehead atoms. The Morgan fingerprint density at radius 1 is 1.25 bits per heavy atom. The first-order chi connectivity index (χ1) is 9.74. The van der Waals surface area contributed by atoms with Gasteiger partial charge in [-0.1, -0.05) is 18.2 Å². The lowest BCUT2D eigenvalue weighted by Crippen LogP contribution is -2.33. The molecule has 104 valence electrons. The van der Waals surface area contributed by atoms with Crippen molar-refractivity contribution in [1.82, 2.24) is 15.6 Å². The lowest BCUT2D eigenvalue weighted by Gasteiger charge is -2.08. The van der Waals surface area contributed by atoms with Crippen LogP contribution in [0.15, 0.2) is 35.1 Å². The molecule has 3 rings (SSSR count). The van der Waals surface area contributed by atoms with E-state index < -0.39 is 0 Å². The predicted molar refractivity (Wildman–Crippen MR) is 77.9 cm³/mol. The van der Waals surface area contributed by atoms with Gasteiger partial charge in [-0.2, -0.15) is 0 Å². The Morgan fingerprint density at radius 3 is 2.85 bits per heavy atom. The number of carbonyl (C=O) groups is 1. The quantitative estimate of drug-likeness (QED) is 0.711. The number of fused-ring (bicyclic) bond motifs is 1. The second kappa shape index (κ2) is 5.46. The molecule has 1 aliphatic rings. The van der Waals surface area contributed by atoms with Gasteiger partial charge in [0.1, 0.15) is 0 Å². The first kappa shape index (κ1) is 12.9. The summed E-state index contributed by atoms with van der Waals surface area (Å²) in [6, 6.07) is 9.30. The number of pyridine rings is 1. The van der Waals surface area contributed by atoms with Crippen molar-refractivity contribution in [3.8, 4) is 0 Å². The molecular formula is C15H17N3O2. The molecule has 3 N–H and O–H groups in total. The third kappa shape index (κ3) is 2.88. The molecule has 5 nitrogen and oxygen atoms in total. The Bertz CT molecular complexity index is 689. The van der Waals surface area contributed by atoms with Crippen molar-refractivity contribution in [2.75, 3.05) is 13.1 Å². The van der Waals surface area contributed by atoms with Crippen molar-refractivity contribution in [2.45, 2.75) is 18.9 Å². The van der Waals surface area contributed by atoms with Crippen LogP contribution in [0.4, 0.5) is 0 Å². The fraction of sp³-hybridized carbons (Fsp3) is 0.333. The van der Waals surface area contributed by atoms with Crippen LogP contribution in [0, 0.1) is 0 Å². The maximum Gasteiger partial charge on any atom is 0.252 e. The molecule has 1 aromatic heterocycles. The zero-order valence-electron chi connectivity index (χ0n) is 11.1. The smallest absolute Gasteiger partial charge is 0.252 e. The average Bonchev–Trinajstić information content (AvgIpc) is 3.26. The molecule has 0 spiro atoms. The molecule has 1 fully saturated rings. The van der Waals surface area contributed by atoms with Gasteiger partial charge in [-0.15, -0.1) is 0 Å². The van der Waals surface area contributed by atoms with Gasteiger partial charge in [0.05, 0.1) is 5.56 Å². The zero-order valence-corrected chi connectivity index (χ0v) is 11.1. The van der Waals surface area contributed by atoms with Crippen molar-refractivity contribution < 1.29 is 4.79 Å². The number of carbonyl (C=O) groups excluding carboxylic acids is 1. The molecule has 0 atom stereocenters. The number of H-pyrrole nitrogens is 1. The molecule has 2 aromatic rings. The van der Waals surface area contributed by atoms with E-state index in [1.165, 1.54) is 18.9 Å². The zero-order chi connectivity index (χ0) is 13.9. The van der Waals surface area contributed by atoms with Crippen LogP contribution in [0.25, 0.3) is 10.9 Å². The highest BCUT2D eigenvalue weighted by atomic mass is 16.2. The van der Waals surface area contributed by atoms with E-state index in [4.69, 9.17) is 0 Å². The Balaban J connectivity index is 1.74. The molecule has 20 heavy (non-hydrogen) atoms. The number of nitrogens with one attached hydrogen (secondary N) is 3. The van der Waals surface area contributed by atoms with E-state index in [2.05, 4.69) is 15.6 Å². The van der Waals surface area contributed by atoms with Crippen LogP contribution in [0.1, 0.15) is 23.2 Å². The maximum atomic E-state index is 12.2. The van der Waals surface area contributed by atoms with E-state index in [-0.39, 0.29) is 11.5 Å². The van der Waals surface area contributed by atoms with E-state index in [1.807, 2.05) is 18.2 Å². The van der Waals surface area contributed by atoms with Gasteiger partial charge in [0, 0.05) is 36.1 Å². The van der Waals surface area contributed by atoms with Crippen molar-refractivity contribution >= 4 is 16.8 Å². The lowest BCUT2D eigenvalue weighted by atomic mass is 10.1. The van der Waals surface area contributed by atoms with Crippen LogP contribution in [0.5, 0.6) is 0 Å². The second-order valence-electron chi connectivity index (χ2n) is 5.08. The highest BCUT2D eigenvalue weighted by Crippen LogP contribution is 2.18. The molecule has 0 radical (unpaired) electrons. The third-order valence-electron chi connectivity index (χ3n) is 3.42. The van der Waals surface area contributed by atoms with E-state index >= 15 is 0 Å². The summed E-state index contributed by atoms with van der Waals surface area (Å²) in [5, 5.41) is 6.94. The van der Waals surface area contributed by atoms with Gasteiger partial charge in [0.15, 0.2) is 0 Å². The molecule has 1 heterocycles. The Hall–Kier alpha value is -2.14. The van der Waals surface area contributed by atoms with Gasteiger partial charge >= 0.3 is 0 Å². The Morgan fingerprint density at radius 2 is 2.05 bits per heavy atom. The molecule has 1 aliphatic carbocycles. The number of aromatic nitrogens is 1. The van der Waals surface area contributed by atoms with Gasteiger partial charge in [0.25, 0.3) is 5.91 Å². The molecule has 1 amide bonds. The van der Waals surface area contributed by atoms with Gasteiger partial charge in [-0.25, -0.2) is 0 Å². The van der Waals surface area contributed by atoms with Crippen LogP contribution in [-0.2, 0) is 0 Å². The fourth-order valence-corrected chi connectivity index (χ4v) is 2.23. The van der Waals surface area contributed by atoms with Gasteiger partial charge < -0.3 is 15.6 Å². The Kier molecular flexibility index (Phi) is 3.52. The summed E-state index contributed by atoms with van der Waals surface area (Å²) >= 11 is 0. The molecule has 1 aromatic carbocycles. The first-order valence-electron chi connectivity index (χ1n) is 6.88. The molecule has 0 aliphatic heterocycles. The maximum absolute atomic E-state index is 12.2. The largest absolute Gasteiger partial charge is 0.351 e. The van der Waals surface area contributed by atoms with Crippen molar-refractivity contribution in [3.05, 3.63) is 46.2 Å². The number of para-hydroxylation sites is 1. The summed E-state index contributed by atoms with van der Waals surface area (Å²) in [5.74, 6) is -0.204. The highest BCUT2D eigenvalue weighted by molar-refractivity contribution is 6.05. The van der Waals surface area contributed by atoms with Crippen LogP contribution in [-0.4, -0.2) is 30.0 Å². The number of aromatic amines is 1. The van der Waals surface area contributed by atoms with Crippen molar-refractivity contribution in [3.63, 3.8) is 0 Å². The average molecular weight is 271 g/mol. The molecule has 0 saturated heterocycles.